The van der Waals surface area contributed by atoms with Gasteiger partial charge in [-0.2, -0.15) is 0 Å². The lowest BCUT2D eigenvalue weighted by molar-refractivity contribution is -0.107. The van der Waals surface area contributed by atoms with Crippen LogP contribution in [0.4, 0.5) is 0 Å². The summed E-state index contributed by atoms with van der Waals surface area (Å²) in [6.07, 6.45) is 1.39. The Labute approximate surface area is 99.5 Å². The highest BCUT2D eigenvalue weighted by atomic mass is 32.2. The number of carbonyl (C=O) groups is 2. The second kappa shape index (κ2) is 4.33. The molecule has 0 unspecified atom stereocenters. The van der Waals surface area contributed by atoms with Gasteiger partial charge in [0.15, 0.2) is 0 Å². The molecule has 1 rings (SSSR count). The highest BCUT2D eigenvalue weighted by Gasteiger charge is 2.25. The van der Waals surface area contributed by atoms with Gasteiger partial charge in [-0.05, 0) is 19.4 Å². The van der Waals surface area contributed by atoms with E-state index in [1.807, 2.05) is 0 Å². The zero-order chi connectivity index (χ0) is 13.4. The van der Waals surface area contributed by atoms with E-state index in [1.54, 1.807) is 13.8 Å². The van der Waals surface area contributed by atoms with Gasteiger partial charge in [0.2, 0.25) is 10.0 Å². The largest absolute Gasteiger partial charge is 0.366 e. The Kier molecular flexibility index (Phi) is 3.42. The monoisotopic (exact) mass is 258 g/mol. The molecule has 1 aromatic rings. The third-order valence-electron chi connectivity index (χ3n) is 2.61. The summed E-state index contributed by atoms with van der Waals surface area (Å²) < 4.78 is 24.3. The van der Waals surface area contributed by atoms with Gasteiger partial charge in [0.05, 0.1) is 17.5 Å². The van der Waals surface area contributed by atoms with Crippen LogP contribution in [-0.2, 0) is 21.2 Å². The number of aromatic nitrogens is 1. The number of rotatable bonds is 4. The lowest BCUT2D eigenvalue weighted by Crippen LogP contribution is -2.19. The number of primary amides is 1. The van der Waals surface area contributed by atoms with Crippen LogP contribution in [0.25, 0.3) is 0 Å². The fraction of sp³-hybridized carbons (Fsp3) is 0.400. The number of hydrogen-bond donors (Lipinski definition) is 1. The van der Waals surface area contributed by atoms with Crippen LogP contribution >= 0.6 is 0 Å². The SMILES string of the molecule is Cc1c(C(N)=O)c(CC=O)n(S(C)(=O)=O)c1C. The Morgan fingerprint density at radius 1 is 1.41 bits per heavy atom. The summed E-state index contributed by atoms with van der Waals surface area (Å²) in [4.78, 5) is 21.9. The predicted molar refractivity (Wildman–Crippen MR) is 62.4 cm³/mol. The summed E-state index contributed by atoms with van der Waals surface area (Å²) >= 11 is 0. The summed E-state index contributed by atoms with van der Waals surface area (Å²) in [6.45, 7) is 3.17. The van der Waals surface area contributed by atoms with Crippen LogP contribution < -0.4 is 5.73 Å². The average Bonchev–Trinajstić information content (AvgIpc) is 2.38. The zero-order valence-corrected chi connectivity index (χ0v) is 10.7. The molecule has 0 fully saturated rings. The van der Waals surface area contributed by atoms with E-state index in [9.17, 15) is 18.0 Å². The van der Waals surface area contributed by atoms with Gasteiger partial charge in [-0.15, -0.1) is 0 Å². The molecule has 0 spiro atoms. The maximum Gasteiger partial charge on any atom is 0.250 e. The minimum absolute atomic E-state index is 0.111. The molecule has 0 saturated carbocycles. The lowest BCUT2D eigenvalue weighted by atomic mass is 10.1. The first kappa shape index (κ1) is 13.4. The van der Waals surface area contributed by atoms with Crippen molar-refractivity contribution in [2.24, 2.45) is 5.73 Å². The van der Waals surface area contributed by atoms with Crippen LogP contribution in [-0.4, -0.2) is 30.8 Å². The number of hydrogen-bond acceptors (Lipinski definition) is 4. The second-order valence-corrected chi connectivity index (χ2v) is 5.63. The number of aldehydes is 1. The van der Waals surface area contributed by atoms with Crippen molar-refractivity contribution in [3.8, 4) is 0 Å². The van der Waals surface area contributed by atoms with Crippen LogP contribution in [0.1, 0.15) is 27.3 Å². The zero-order valence-electron chi connectivity index (χ0n) is 9.85. The molecule has 1 heterocycles. The number of nitrogens with zero attached hydrogens (tertiary/aromatic N) is 1. The third kappa shape index (κ3) is 2.23. The molecule has 94 valence electrons. The predicted octanol–water partition coefficient (Wildman–Crippen LogP) is -0.247. The molecule has 2 N–H and O–H groups in total. The molecule has 0 atom stereocenters. The fourth-order valence-electron chi connectivity index (χ4n) is 1.89. The first-order chi connectivity index (χ1) is 7.71. The normalized spacial score (nSPS) is 11.5. The highest BCUT2D eigenvalue weighted by molar-refractivity contribution is 7.89. The van der Waals surface area contributed by atoms with E-state index in [2.05, 4.69) is 0 Å². The Bertz CT molecular complexity index is 584. The molecule has 0 aliphatic heterocycles. The summed E-state index contributed by atoms with van der Waals surface area (Å²) in [6, 6.07) is 0. The van der Waals surface area contributed by atoms with E-state index in [0.29, 0.717) is 17.5 Å². The molecule has 0 aromatic carbocycles. The first-order valence-electron chi connectivity index (χ1n) is 4.86. The van der Waals surface area contributed by atoms with Crippen LogP contribution in [0.15, 0.2) is 0 Å². The van der Waals surface area contributed by atoms with E-state index < -0.39 is 15.9 Å². The van der Waals surface area contributed by atoms with Crippen molar-refractivity contribution in [1.82, 2.24) is 3.97 Å². The number of carbonyl (C=O) groups excluding carboxylic acids is 2. The van der Waals surface area contributed by atoms with E-state index in [1.165, 1.54) is 0 Å². The van der Waals surface area contributed by atoms with Gasteiger partial charge < -0.3 is 10.5 Å². The standard InChI is InChI=1S/C10H14N2O4S/c1-6-7(2)12(17(3,15)16)8(4-5-13)9(6)10(11)14/h5H,4H2,1-3H3,(H2,11,14). The van der Waals surface area contributed by atoms with Crippen molar-refractivity contribution in [2.75, 3.05) is 6.26 Å². The van der Waals surface area contributed by atoms with Crippen molar-refractivity contribution < 1.29 is 18.0 Å². The molecule has 0 aliphatic carbocycles. The smallest absolute Gasteiger partial charge is 0.250 e. The lowest BCUT2D eigenvalue weighted by Gasteiger charge is -2.07. The maximum atomic E-state index is 11.6. The average molecular weight is 258 g/mol. The summed E-state index contributed by atoms with van der Waals surface area (Å²) in [5, 5.41) is 0. The van der Waals surface area contributed by atoms with Crippen molar-refractivity contribution in [3.63, 3.8) is 0 Å². The van der Waals surface area contributed by atoms with Gasteiger partial charge in [-0.3, -0.25) is 4.79 Å². The van der Waals surface area contributed by atoms with Gasteiger partial charge in [-0.25, -0.2) is 12.4 Å². The van der Waals surface area contributed by atoms with Crippen LogP contribution in [0.3, 0.4) is 0 Å². The molecule has 0 saturated heterocycles. The van der Waals surface area contributed by atoms with Gasteiger partial charge >= 0.3 is 0 Å². The molecular weight excluding hydrogens is 244 g/mol. The number of amides is 1. The number of nitrogens with two attached hydrogens (primary N) is 1. The van der Waals surface area contributed by atoms with Gasteiger partial charge in [0.25, 0.3) is 5.91 Å². The van der Waals surface area contributed by atoms with Crippen molar-refractivity contribution in [3.05, 3.63) is 22.5 Å². The Hall–Kier alpha value is -1.63. The van der Waals surface area contributed by atoms with Crippen molar-refractivity contribution in [1.29, 1.82) is 0 Å². The molecule has 1 aromatic heterocycles. The van der Waals surface area contributed by atoms with Crippen molar-refractivity contribution >= 4 is 22.2 Å². The van der Waals surface area contributed by atoms with Gasteiger partial charge in [0, 0.05) is 12.1 Å². The van der Waals surface area contributed by atoms with Crippen LogP contribution in [0.2, 0.25) is 0 Å². The molecule has 7 heteroatoms. The topological polar surface area (TPSA) is 99.2 Å². The first-order valence-corrected chi connectivity index (χ1v) is 6.71. The quantitative estimate of drug-likeness (QED) is 0.753. The molecule has 0 aliphatic rings. The molecule has 1 amide bonds. The molecule has 0 radical (unpaired) electrons. The Morgan fingerprint density at radius 3 is 2.29 bits per heavy atom. The second-order valence-electron chi connectivity index (χ2n) is 3.79. The van der Waals surface area contributed by atoms with Crippen molar-refractivity contribution in [2.45, 2.75) is 20.3 Å². The maximum absolute atomic E-state index is 11.6. The molecule has 6 nitrogen and oxygen atoms in total. The molecule has 17 heavy (non-hydrogen) atoms. The summed E-state index contributed by atoms with van der Waals surface area (Å²) in [5.41, 5.74) is 6.34. The van der Waals surface area contributed by atoms with Crippen LogP contribution in [0.5, 0.6) is 0 Å². The van der Waals surface area contributed by atoms with E-state index in [0.717, 1.165) is 10.2 Å². The van der Waals surface area contributed by atoms with E-state index >= 15 is 0 Å². The highest BCUT2D eigenvalue weighted by Crippen LogP contribution is 2.23. The van der Waals surface area contributed by atoms with E-state index in [-0.39, 0.29) is 17.7 Å². The van der Waals surface area contributed by atoms with Gasteiger partial charge in [-0.1, -0.05) is 0 Å². The van der Waals surface area contributed by atoms with Gasteiger partial charge in [0.1, 0.15) is 6.29 Å². The molecular formula is C10H14N2O4S. The third-order valence-corrected chi connectivity index (χ3v) is 3.77. The van der Waals surface area contributed by atoms with Crippen LogP contribution in [0, 0.1) is 13.8 Å². The minimum Gasteiger partial charge on any atom is -0.366 e. The summed E-state index contributed by atoms with van der Waals surface area (Å²) in [5.74, 6) is -0.732. The Morgan fingerprint density at radius 2 is 1.94 bits per heavy atom. The Balaban J connectivity index is 3.77. The fourth-order valence-corrected chi connectivity index (χ4v) is 3.09. The van der Waals surface area contributed by atoms with E-state index in [4.69, 9.17) is 5.73 Å². The summed E-state index contributed by atoms with van der Waals surface area (Å²) in [7, 11) is -3.57. The molecule has 0 bridgehead atoms. The minimum atomic E-state index is -3.57.